The molecule has 1 fully saturated rings. The third-order valence-corrected chi connectivity index (χ3v) is 3.63. The predicted molar refractivity (Wildman–Crippen MR) is 68.2 cm³/mol. The molecule has 2 rings (SSSR count). The highest BCUT2D eigenvalue weighted by molar-refractivity contribution is 5.20. The molecule has 0 aliphatic carbocycles. The standard InChI is InChI=1S/C14H19F2NO2/c1-11-13(18,7-8-19-11)9-17-10-14(15,16)12-5-3-2-4-6-12/h2-6,11,17-18H,7-10H2,1H3. The lowest BCUT2D eigenvalue weighted by Crippen LogP contribution is -2.47. The maximum atomic E-state index is 13.9. The number of alkyl halides is 2. The summed E-state index contributed by atoms with van der Waals surface area (Å²) in [5, 5.41) is 12.9. The van der Waals surface area contributed by atoms with Crippen molar-refractivity contribution in [1.82, 2.24) is 5.32 Å². The molecule has 1 aliphatic rings. The van der Waals surface area contributed by atoms with Crippen LogP contribution in [0, 0.1) is 0 Å². The molecule has 106 valence electrons. The van der Waals surface area contributed by atoms with Crippen molar-refractivity contribution >= 4 is 0 Å². The summed E-state index contributed by atoms with van der Waals surface area (Å²) in [4.78, 5) is 0. The average molecular weight is 271 g/mol. The number of benzene rings is 1. The molecule has 0 saturated carbocycles. The first-order chi connectivity index (χ1) is 8.94. The van der Waals surface area contributed by atoms with Crippen LogP contribution in [0.3, 0.4) is 0 Å². The molecule has 1 aromatic carbocycles. The van der Waals surface area contributed by atoms with E-state index < -0.39 is 18.1 Å². The van der Waals surface area contributed by atoms with Crippen molar-refractivity contribution in [3.8, 4) is 0 Å². The first-order valence-corrected chi connectivity index (χ1v) is 6.42. The first kappa shape index (κ1) is 14.4. The number of hydrogen-bond donors (Lipinski definition) is 2. The van der Waals surface area contributed by atoms with E-state index in [-0.39, 0.29) is 18.2 Å². The minimum atomic E-state index is -2.94. The fourth-order valence-electron chi connectivity index (χ4n) is 2.22. The van der Waals surface area contributed by atoms with Gasteiger partial charge in [-0.25, -0.2) is 0 Å². The molecule has 19 heavy (non-hydrogen) atoms. The molecule has 1 heterocycles. The van der Waals surface area contributed by atoms with Gasteiger partial charge in [-0.15, -0.1) is 0 Å². The van der Waals surface area contributed by atoms with E-state index in [0.29, 0.717) is 13.0 Å². The van der Waals surface area contributed by atoms with Gasteiger partial charge in [-0.2, -0.15) is 8.78 Å². The molecule has 2 unspecified atom stereocenters. The summed E-state index contributed by atoms with van der Waals surface area (Å²) >= 11 is 0. The summed E-state index contributed by atoms with van der Waals surface area (Å²) < 4.78 is 33.0. The molecule has 1 aliphatic heterocycles. The molecule has 0 aromatic heterocycles. The smallest absolute Gasteiger partial charge is 0.285 e. The molecule has 2 atom stereocenters. The minimum Gasteiger partial charge on any atom is -0.386 e. The van der Waals surface area contributed by atoms with Crippen LogP contribution in [0.15, 0.2) is 30.3 Å². The van der Waals surface area contributed by atoms with Crippen LogP contribution >= 0.6 is 0 Å². The summed E-state index contributed by atoms with van der Waals surface area (Å²) in [5.74, 6) is -2.94. The van der Waals surface area contributed by atoms with Crippen molar-refractivity contribution in [2.24, 2.45) is 0 Å². The lowest BCUT2D eigenvalue weighted by atomic mass is 9.96. The third-order valence-electron chi connectivity index (χ3n) is 3.63. The highest BCUT2D eigenvalue weighted by Crippen LogP contribution is 2.28. The molecular weight excluding hydrogens is 252 g/mol. The van der Waals surface area contributed by atoms with Crippen molar-refractivity contribution < 1.29 is 18.6 Å². The number of rotatable bonds is 5. The quantitative estimate of drug-likeness (QED) is 0.859. The van der Waals surface area contributed by atoms with E-state index in [0.717, 1.165) is 0 Å². The largest absolute Gasteiger partial charge is 0.386 e. The Morgan fingerprint density at radius 1 is 1.42 bits per heavy atom. The van der Waals surface area contributed by atoms with Crippen LogP contribution in [-0.2, 0) is 10.7 Å². The minimum absolute atomic E-state index is 0.0230. The molecule has 1 aromatic rings. The van der Waals surface area contributed by atoms with Gasteiger partial charge in [0.25, 0.3) is 5.92 Å². The molecule has 0 radical (unpaired) electrons. The van der Waals surface area contributed by atoms with Crippen molar-refractivity contribution in [1.29, 1.82) is 0 Å². The Morgan fingerprint density at radius 2 is 2.11 bits per heavy atom. The van der Waals surface area contributed by atoms with Crippen molar-refractivity contribution in [3.63, 3.8) is 0 Å². The number of ether oxygens (including phenoxy) is 1. The van der Waals surface area contributed by atoms with Crippen LogP contribution in [0.2, 0.25) is 0 Å². The molecule has 1 saturated heterocycles. The molecule has 0 spiro atoms. The zero-order valence-corrected chi connectivity index (χ0v) is 10.9. The number of hydrogen-bond acceptors (Lipinski definition) is 3. The maximum Gasteiger partial charge on any atom is 0.285 e. The van der Waals surface area contributed by atoms with Gasteiger partial charge in [0.05, 0.1) is 12.6 Å². The number of nitrogens with one attached hydrogen (secondary N) is 1. The van der Waals surface area contributed by atoms with Gasteiger partial charge < -0.3 is 15.2 Å². The Hall–Kier alpha value is -1.04. The zero-order chi connectivity index (χ0) is 13.9. The van der Waals surface area contributed by atoms with Crippen LogP contribution in [0.25, 0.3) is 0 Å². The second kappa shape index (κ2) is 5.53. The van der Waals surface area contributed by atoms with Gasteiger partial charge in [0.2, 0.25) is 0 Å². The molecule has 2 N–H and O–H groups in total. The van der Waals surface area contributed by atoms with Crippen LogP contribution in [-0.4, -0.2) is 36.5 Å². The Balaban J connectivity index is 1.88. The highest BCUT2D eigenvalue weighted by atomic mass is 19.3. The van der Waals surface area contributed by atoms with Crippen LogP contribution in [0.4, 0.5) is 8.78 Å². The van der Waals surface area contributed by atoms with Gasteiger partial charge >= 0.3 is 0 Å². The maximum absolute atomic E-state index is 13.9. The average Bonchev–Trinajstić information content (AvgIpc) is 2.71. The predicted octanol–water partition coefficient (Wildman–Crippen LogP) is 1.91. The van der Waals surface area contributed by atoms with Crippen LogP contribution in [0.5, 0.6) is 0 Å². The fourth-order valence-corrected chi connectivity index (χ4v) is 2.22. The van der Waals surface area contributed by atoms with Crippen molar-refractivity contribution in [3.05, 3.63) is 35.9 Å². The highest BCUT2D eigenvalue weighted by Gasteiger charge is 2.40. The monoisotopic (exact) mass is 271 g/mol. The Bertz CT molecular complexity index is 413. The molecule has 0 amide bonds. The SMILES string of the molecule is CC1OCCC1(O)CNCC(F)(F)c1ccccc1. The van der Waals surface area contributed by atoms with E-state index >= 15 is 0 Å². The van der Waals surface area contributed by atoms with E-state index in [1.165, 1.54) is 12.1 Å². The van der Waals surface area contributed by atoms with E-state index in [1.54, 1.807) is 25.1 Å². The lowest BCUT2D eigenvalue weighted by molar-refractivity contribution is -0.0394. The van der Waals surface area contributed by atoms with E-state index in [4.69, 9.17) is 4.74 Å². The summed E-state index contributed by atoms with van der Waals surface area (Å²) in [6.45, 7) is 1.83. The molecule has 0 bridgehead atoms. The van der Waals surface area contributed by atoms with Crippen molar-refractivity contribution in [2.45, 2.75) is 31.0 Å². The molecule has 3 nitrogen and oxygen atoms in total. The fraction of sp³-hybridized carbons (Fsp3) is 0.571. The van der Waals surface area contributed by atoms with E-state index in [9.17, 15) is 13.9 Å². The second-order valence-corrected chi connectivity index (χ2v) is 5.04. The Labute approximate surface area is 111 Å². The number of halogens is 2. The summed E-state index contributed by atoms with van der Waals surface area (Å²) in [6, 6.07) is 7.68. The van der Waals surface area contributed by atoms with E-state index in [1.807, 2.05) is 0 Å². The third kappa shape index (κ3) is 3.29. The number of aliphatic hydroxyl groups is 1. The summed E-state index contributed by atoms with van der Waals surface area (Å²) in [6.07, 6.45) is 0.142. The van der Waals surface area contributed by atoms with Gasteiger partial charge in [-0.05, 0) is 6.92 Å². The molecule has 5 heteroatoms. The zero-order valence-electron chi connectivity index (χ0n) is 10.9. The second-order valence-electron chi connectivity index (χ2n) is 5.04. The van der Waals surface area contributed by atoms with Crippen LogP contribution < -0.4 is 5.32 Å². The van der Waals surface area contributed by atoms with Gasteiger partial charge in [0.1, 0.15) is 5.60 Å². The Morgan fingerprint density at radius 3 is 2.68 bits per heavy atom. The van der Waals surface area contributed by atoms with Gasteiger partial charge in [0.15, 0.2) is 0 Å². The first-order valence-electron chi connectivity index (χ1n) is 6.42. The Kier molecular flexibility index (Phi) is 4.18. The van der Waals surface area contributed by atoms with Gasteiger partial charge in [0, 0.05) is 25.1 Å². The molecular formula is C14H19F2NO2. The van der Waals surface area contributed by atoms with Gasteiger partial charge in [-0.3, -0.25) is 0 Å². The summed E-state index contributed by atoms with van der Waals surface area (Å²) in [7, 11) is 0. The van der Waals surface area contributed by atoms with Crippen molar-refractivity contribution in [2.75, 3.05) is 19.7 Å². The topological polar surface area (TPSA) is 41.5 Å². The van der Waals surface area contributed by atoms with E-state index in [2.05, 4.69) is 5.32 Å². The lowest BCUT2D eigenvalue weighted by Gasteiger charge is -2.27. The van der Waals surface area contributed by atoms with Gasteiger partial charge in [-0.1, -0.05) is 30.3 Å². The normalized spacial score (nSPS) is 27.7. The van der Waals surface area contributed by atoms with Crippen LogP contribution in [0.1, 0.15) is 18.9 Å². The summed E-state index contributed by atoms with van der Waals surface area (Å²) in [5.41, 5.74) is -1.07.